The van der Waals surface area contributed by atoms with Gasteiger partial charge in [0.05, 0.1) is 0 Å². The van der Waals surface area contributed by atoms with E-state index in [4.69, 9.17) is 0 Å². The fourth-order valence-corrected chi connectivity index (χ4v) is 2.91. The molecule has 90 valence electrons. The molecule has 2 amide bonds. The molecule has 2 fully saturated rings. The van der Waals surface area contributed by atoms with Crippen LogP contribution in [0.2, 0.25) is 0 Å². The van der Waals surface area contributed by atoms with Gasteiger partial charge in [0, 0.05) is 12.8 Å². The molecule has 1 spiro atoms. The Kier molecular flexibility index (Phi) is 3.28. The minimum atomic E-state index is -0.0832. The molecule has 0 aromatic rings. The van der Waals surface area contributed by atoms with Crippen molar-refractivity contribution in [3.05, 3.63) is 0 Å². The normalized spacial score (nSPS) is 25.8. The summed E-state index contributed by atoms with van der Waals surface area (Å²) in [6.45, 7) is 5.39. The zero-order valence-corrected chi connectivity index (χ0v) is 9.92. The predicted molar refractivity (Wildman–Crippen MR) is 60.8 cm³/mol. The highest BCUT2D eigenvalue weighted by Gasteiger charge is 2.41. The number of carbonyl (C=O) groups excluding carboxylic acids is 2. The molecule has 0 unspecified atom stereocenters. The van der Waals surface area contributed by atoms with E-state index in [1.54, 1.807) is 0 Å². The van der Waals surface area contributed by atoms with Gasteiger partial charge in [0.25, 0.3) is 0 Å². The van der Waals surface area contributed by atoms with Crippen molar-refractivity contribution >= 4 is 11.8 Å². The number of hydrogen-bond acceptors (Lipinski definition) is 3. The number of nitrogens with one attached hydrogen (secondary N) is 1. The van der Waals surface area contributed by atoms with Gasteiger partial charge in [0.1, 0.15) is 0 Å². The van der Waals surface area contributed by atoms with Crippen LogP contribution in [0.3, 0.4) is 0 Å². The van der Waals surface area contributed by atoms with Gasteiger partial charge in [-0.3, -0.25) is 14.9 Å². The van der Waals surface area contributed by atoms with Crippen LogP contribution in [0.15, 0.2) is 0 Å². The summed E-state index contributed by atoms with van der Waals surface area (Å²) in [4.78, 5) is 25.2. The third kappa shape index (κ3) is 2.43. The molecule has 4 heteroatoms. The third-order valence-electron chi connectivity index (χ3n) is 3.81. The van der Waals surface area contributed by atoms with E-state index in [0.717, 1.165) is 32.5 Å². The summed E-state index contributed by atoms with van der Waals surface area (Å²) in [6.07, 6.45) is 4.24. The highest BCUT2D eigenvalue weighted by Crippen LogP contribution is 2.40. The minimum Gasteiger partial charge on any atom is -0.303 e. The van der Waals surface area contributed by atoms with Crippen LogP contribution < -0.4 is 5.32 Å². The molecule has 0 saturated carbocycles. The Morgan fingerprint density at radius 2 is 1.75 bits per heavy atom. The van der Waals surface area contributed by atoms with Crippen LogP contribution in [0.25, 0.3) is 0 Å². The van der Waals surface area contributed by atoms with Crippen molar-refractivity contribution < 1.29 is 9.59 Å². The zero-order valence-electron chi connectivity index (χ0n) is 9.92. The average Bonchev–Trinajstić information content (AvgIpc) is 2.20. The van der Waals surface area contributed by atoms with Crippen LogP contribution in [0.5, 0.6) is 0 Å². The first-order chi connectivity index (χ1) is 7.63. The Bertz CT molecular complexity index is 275. The van der Waals surface area contributed by atoms with Crippen LogP contribution in [0.4, 0.5) is 0 Å². The first-order valence-corrected chi connectivity index (χ1v) is 6.19. The summed E-state index contributed by atoms with van der Waals surface area (Å²) in [5.41, 5.74) is -0.0241. The van der Waals surface area contributed by atoms with Crippen LogP contribution in [0, 0.1) is 5.41 Å². The van der Waals surface area contributed by atoms with Gasteiger partial charge >= 0.3 is 0 Å². The van der Waals surface area contributed by atoms with Gasteiger partial charge in [-0.25, -0.2) is 0 Å². The second-order valence-electron chi connectivity index (χ2n) is 5.17. The predicted octanol–water partition coefficient (Wildman–Crippen LogP) is 0.915. The summed E-state index contributed by atoms with van der Waals surface area (Å²) in [6, 6.07) is 0. The molecule has 2 heterocycles. The fraction of sp³-hybridized carbons (Fsp3) is 0.833. The fourth-order valence-electron chi connectivity index (χ4n) is 2.91. The van der Waals surface area contributed by atoms with Gasteiger partial charge in [-0.05, 0) is 44.3 Å². The molecular weight excluding hydrogens is 204 g/mol. The SMILES string of the molecule is CCCN1CCC2(CC1)CC(=O)NC(=O)C2. The maximum Gasteiger partial charge on any atom is 0.227 e. The van der Waals surface area contributed by atoms with E-state index < -0.39 is 0 Å². The molecule has 2 aliphatic heterocycles. The Labute approximate surface area is 96.4 Å². The molecule has 0 aromatic heterocycles. The van der Waals surface area contributed by atoms with E-state index in [1.807, 2.05) is 0 Å². The van der Waals surface area contributed by atoms with Gasteiger partial charge < -0.3 is 4.90 Å². The highest BCUT2D eigenvalue weighted by molar-refractivity contribution is 5.98. The molecule has 0 aromatic carbocycles. The highest BCUT2D eigenvalue weighted by atomic mass is 16.2. The van der Waals surface area contributed by atoms with Gasteiger partial charge in [0.15, 0.2) is 0 Å². The molecule has 0 atom stereocenters. The second kappa shape index (κ2) is 4.53. The quantitative estimate of drug-likeness (QED) is 0.709. The number of carbonyl (C=O) groups is 2. The summed E-state index contributed by atoms with van der Waals surface area (Å²) in [5.74, 6) is -0.166. The van der Waals surface area contributed by atoms with Crippen LogP contribution in [-0.4, -0.2) is 36.3 Å². The molecule has 2 rings (SSSR count). The molecule has 16 heavy (non-hydrogen) atoms. The minimum absolute atomic E-state index is 0.0241. The molecular formula is C12H20N2O2. The number of amides is 2. The lowest BCUT2D eigenvalue weighted by Crippen LogP contribution is -2.49. The first-order valence-electron chi connectivity index (χ1n) is 6.19. The number of nitrogens with zero attached hydrogens (tertiary/aromatic N) is 1. The van der Waals surface area contributed by atoms with Gasteiger partial charge in [-0.2, -0.15) is 0 Å². The van der Waals surface area contributed by atoms with Crippen LogP contribution in [0.1, 0.15) is 39.0 Å². The maximum absolute atomic E-state index is 11.4. The Morgan fingerprint density at radius 3 is 2.25 bits per heavy atom. The first kappa shape index (κ1) is 11.6. The maximum atomic E-state index is 11.4. The summed E-state index contributed by atoms with van der Waals surface area (Å²) in [5, 5.41) is 2.40. The van der Waals surface area contributed by atoms with E-state index in [1.165, 1.54) is 6.42 Å². The second-order valence-corrected chi connectivity index (χ2v) is 5.17. The number of imide groups is 1. The van der Waals surface area contributed by atoms with Crippen molar-refractivity contribution in [1.82, 2.24) is 10.2 Å². The molecule has 2 aliphatic rings. The van der Waals surface area contributed by atoms with Crippen LogP contribution in [-0.2, 0) is 9.59 Å². The summed E-state index contributed by atoms with van der Waals surface area (Å²) < 4.78 is 0. The summed E-state index contributed by atoms with van der Waals surface area (Å²) in [7, 11) is 0. The Morgan fingerprint density at radius 1 is 1.19 bits per heavy atom. The third-order valence-corrected chi connectivity index (χ3v) is 3.81. The van der Waals surface area contributed by atoms with Gasteiger partial charge in [0.2, 0.25) is 11.8 Å². The molecule has 2 saturated heterocycles. The van der Waals surface area contributed by atoms with E-state index in [2.05, 4.69) is 17.1 Å². The van der Waals surface area contributed by atoms with Gasteiger partial charge in [-0.15, -0.1) is 0 Å². The largest absolute Gasteiger partial charge is 0.303 e. The number of rotatable bonds is 2. The zero-order chi connectivity index (χ0) is 11.6. The van der Waals surface area contributed by atoms with Crippen molar-refractivity contribution in [3.63, 3.8) is 0 Å². The molecule has 0 aliphatic carbocycles. The lowest BCUT2D eigenvalue weighted by Gasteiger charge is -2.43. The lowest BCUT2D eigenvalue weighted by atomic mass is 9.71. The standard InChI is InChI=1S/C12H20N2O2/c1-2-5-14-6-3-12(4-7-14)8-10(15)13-11(16)9-12/h2-9H2,1H3,(H,13,15,16). The number of likely N-dealkylation sites (tertiary alicyclic amines) is 1. The number of hydrogen-bond donors (Lipinski definition) is 1. The molecule has 4 nitrogen and oxygen atoms in total. The Balaban J connectivity index is 1.95. The van der Waals surface area contributed by atoms with E-state index >= 15 is 0 Å². The van der Waals surface area contributed by atoms with Crippen molar-refractivity contribution in [2.75, 3.05) is 19.6 Å². The Hall–Kier alpha value is -0.900. The monoisotopic (exact) mass is 224 g/mol. The van der Waals surface area contributed by atoms with E-state index in [-0.39, 0.29) is 17.2 Å². The van der Waals surface area contributed by atoms with Crippen molar-refractivity contribution in [1.29, 1.82) is 0 Å². The van der Waals surface area contributed by atoms with E-state index in [0.29, 0.717) is 12.8 Å². The van der Waals surface area contributed by atoms with Crippen molar-refractivity contribution in [2.24, 2.45) is 5.41 Å². The van der Waals surface area contributed by atoms with Crippen LogP contribution >= 0.6 is 0 Å². The van der Waals surface area contributed by atoms with Crippen molar-refractivity contribution in [3.8, 4) is 0 Å². The summed E-state index contributed by atoms with van der Waals surface area (Å²) >= 11 is 0. The lowest BCUT2D eigenvalue weighted by molar-refractivity contribution is -0.139. The van der Waals surface area contributed by atoms with E-state index in [9.17, 15) is 9.59 Å². The molecule has 0 radical (unpaired) electrons. The van der Waals surface area contributed by atoms with Crippen molar-refractivity contribution in [2.45, 2.75) is 39.0 Å². The molecule has 0 bridgehead atoms. The molecule has 1 N–H and O–H groups in total. The average molecular weight is 224 g/mol. The smallest absolute Gasteiger partial charge is 0.227 e. The number of piperidine rings is 2. The van der Waals surface area contributed by atoms with Gasteiger partial charge in [-0.1, -0.05) is 6.92 Å². The topological polar surface area (TPSA) is 49.4 Å².